The maximum atomic E-state index is 13.7. The molecule has 3 rings (SSSR count). The van der Waals surface area contributed by atoms with Gasteiger partial charge >= 0.3 is 5.97 Å². The van der Waals surface area contributed by atoms with Crippen molar-refractivity contribution in [1.29, 1.82) is 0 Å². The second kappa shape index (κ2) is 8.89. The summed E-state index contributed by atoms with van der Waals surface area (Å²) in [5.74, 6) is -3.77. The van der Waals surface area contributed by atoms with E-state index in [9.17, 15) is 23.2 Å². The average Bonchev–Trinajstić information content (AvgIpc) is 3.11. The Morgan fingerprint density at radius 1 is 1.20 bits per heavy atom. The van der Waals surface area contributed by atoms with Gasteiger partial charge in [0, 0.05) is 19.0 Å². The number of para-hydroxylation sites is 2. The molecule has 0 saturated carbocycles. The van der Waals surface area contributed by atoms with Crippen molar-refractivity contribution in [3.8, 4) is 5.75 Å². The average molecular weight is 418 g/mol. The number of hydrogen-bond donors (Lipinski definition) is 1. The first-order valence-electron chi connectivity index (χ1n) is 9.20. The SMILES string of the molecule is COc1ccccc1N1C[C@H](C(=O)O[C@@H](C)C(=O)Nc2ccc(F)cc2F)CC1=O. The summed E-state index contributed by atoms with van der Waals surface area (Å²) in [6.07, 6.45) is -1.31. The molecule has 0 bridgehead atoms. The lowest BCUT2D eigenvalue weighted by atomic mass is 10.1. The van der Waals surface area contributed by atoms with E-state index in [4.69, 9.17) is 9.47 Å². The maximum absolute atomic E-state index is 13.7. The lowest BCUT2D eigenvalue weighted by molar-refractivity contribution is -0.157. The molecule has 9 heteroatoms. The van der Waals surface area contributed by atoms with E-state index in [0.717, 1.165) is 12.1 Å². The Morgan fingerprint density at radius 3 is 2.63 bits per heavy atom. The third-order valence-corrected chi connectivity index (χ3v) is 4.69. The molecule has 0 unspecified atom stereocenters. The number of hydrogen-bond acceptors (Lipinski definition) is 5. The molecule has 1 heterocycles. The van der Waals surface area contributed by atoms with Crippen molar-refractivity contribution in [2.45, 2.75) is 19.4 Å². The van der Waals surface area contributed by atoms with Gasteiger partial charge in [-0.15, -0.1) is 0 Å². The van der Waals surface area contributed by atoms with Gasteiger partial charge in [-0.25, -0.2) is 8.78 Å². The number of carbonyl (C=O) groups excluding carboxylic acids is 3. The molecule has 1 aliphatic rings. The van der Waals surface area contributed by atoms with E-state index >= 15 is 0 Å². The van der Waals surface area contributed by atoms with Crippen LogP contribution in [-0.4, -0.2) is 37.5 Å². The molecular weight excluding hydrogens is 398 g/mol. The van der Waals surface area contributed by atoms with Gasteiger partial charge in [-0.1, -0.05) is 12.1 Å². The standard InChI is InChI=1S/C21H20F2N2O5/c1-12(20(27)24-16-8-7-14(22)10-15(16)23)30-21(28)13-9-19(26)25(11-13)17-5-3-4-6-18(17)29-2/h3-8,10,12-13H,9,11H2,1-2H3,(H,24,27)/t12-,13+/m0/s1. The minimum absolute atomic E-state index is 0.0716. The molecule has 0 spiro atoms. The summed E-state index contributed by atoms with van der Waals surface area (Å²) in [4.78, 5) is 38.5. The molecule has 30 heavy (non-hydrogen) atoms. The number of anilines is 2. The van der Waals surface area contributed by atoms with Gasteiger partial charge in [0.1, 0.15) is 17.4 Å². The molecule has 7 nitrogen and oxygen atoms in total. The smallest absolute Gasteiger partial charge is 0.312 e. The molecule has 2 amide bonds. The summed E-state index contributed by atoms with van der Waals surface area (Å²) in [5, 5.41) is 2.24. The van der Waals surface area contributed by atoms with Crippen LogP contribution >= 0.6 is 0 Å². The van der Waals surface area contributed by atoms with Crippen LogP contribution in [0, 0.1) is 17.6 Å². The number of halogens is 2. The summed E-state index contributed by atoms with van der Waals surface area (Å²) >= 11 is 0. The van der Waals surface area contributed by atoms with Crippen LogP contribution in [0.5, 0.6) is 5.75 Å². The van der Waals surface area contributed by atoms with Crippen molar-refractivity contribution < 1.29 is 32.6 Å². The summed E-state index contributed by atoms with van der Waals surface area (Å²) < 4.78 is 37.1. The van der Waals surface area contributed by atoms with Crippen molar-refractivity contribution in [3.05, 3.63) is 54.1 Å². The fourth-order valence-corrected chi connectivity index (χ4v) is 3.10. The highest BCUT2D eigenvalue weighted by atomic mass is 19.1. The molecule has 2 aromatic carbocycles. The maximum Gasteiger partial charge on any atom is 0.312 e. The van der Waals surface area contributed by atoms with Gasteiger partial charge in [0.15, 0.2) is 6.10 Å². The van der Waals surface area contributed by atoms with E-state index < -0.39 is 35.5 Å². The molecular formula is C21H20F2N2O5. The predicted molar refractivity (Wildman–Crippen MR) is 104 cm³/mol. The highest BCUT2D eigenvalue weighted by Crippen LogP contribution is 2.33. The van der Waals surface area contributed by atoms with Crippen LogP contribution in [0.1, 0.15) is 13.3 Å². The monoisotopic (exact) mass is 418 g/mol. The molecule has 0 aliphatic carbocycles. The number of nitrogens with one attached hydrogen (secondary N) is 1. The Bertz CT molecular complexity index is 982. The predicted octanol–water partition coefficient (Wildman–Crippen LogP) is 2.90. The second-order valence-corrected chi connectivity index (χ2v) is 6.77. The van der Waals surface area contributed by atoms with Gasteiger partial charge in [-0.05, 0) is 31.2 Å². The molecule has 2 atom stereocenters. The number of methoxy groups -OCH3 is 1. The van der Waals surface area contributed by atoms with Crippen LogP contribution < -0.4 is 15.0 Å². The first-order valence-corrected chi connectivity index (χ1v) is 9.20. The molecule has 1 aliphatic heterocycles. The molecule has 2 aromatic rings. The highest BCUT2D eigenvalue weighted by Gasteiger charge is 2.38. The first-order chi connectivity index (χ1) is 14.3. The summed E-state index contributed by atoms with van der Waals surface area (Å²) in [7, 11) is 1.48. The number of rotatable bonds is 6. The molecule has 158 valence electrons. The summed E-state index contributed by atoms with van der Waals surface area (Å²) in [6, 6.07) is 9.61. The van der Waals surface area contributed by atoms with Gasteiger partial charge in [0.05, 0.1) is 24.4 Å². The molecule has 0 radical (unpaired) electrons. The number of benzene rings is 2. The summed E-state index contributed by atoms with van der Waals surface area (Å²) in [6.45, 7) is 1.41. The topological polar surface area (TPSA) is 84.9 Å². The quantitative estimate of drug-likeness (QED) is 0.730. The van der Waals surface area contributed by atoms with Crippen LogP contribution in [0.3, 0.4) is 0 Å². The van der Waals surface area contributed by atoms with Gasteiger partial charge in [0.2, 0.25) is 5.91 Å². The molecule has 1 fully saturated rings. The zero-order valence-electron chi connectivity index (χ0n) is 16.4. The molecule has 0 aromatic heterocycles. The Balaban J connectivity index is 1.61. The van der Waals surface area contributed by atoms with E-state index in [-0.39, 0.29) is 24.6 Å². The van der Waals surface area contributed by atoms with Gasteiger partial charge < -0.3 is 19.7 Å². The zero-order chi connectivity index (χ0) is 21.8. The van der Waals surface area contributed by atoms with Gasteiger partial charge in [-0.2, -0.15) is 0 Å². The van der Waals surface area contributed by atoms with Crippen LogP contribution in [0.4, 0.5) is 20.2 Å². The number of carbonyl (C=O) groups is 3. The minimum Gasteiger partial charge on any atom is -0.495 e. The van der Waals surface area contributed by atoms with E-state index in [1.54, 1.807) is 24.3 Å². The van der Waals surface area contributed by atoms with Crippen LogP contribution in [0.15, 0.2) is 42.5 Å². The Hall–Kier alpha value is -3.49. The normalized spacial score (nSPS) is 16.9. The van der Waals surface area contributed by atoms with Crippen LogP contribution in [0.25, 0.3) is 0 Å². The number of ether oxygens (including phenoxy) is 2. The van der Waals surface area contributed by atoms with E-state index in [0.29, 0.717) is 17.5 Å². The van der Waals surface area contributed by atoms with Crippen molar-refractivity contribution >= 4 is 29.2 Å². The fraction of sp³-hybridized carbons (Fsp3) is 0.286. The van der Waals surface area contributed by atoms with Crippen LogP contribution in [0.2, 0.25) is 0 Å². The first kappa shape index (κ1) is 21.2. The lowest BCUT2D eigenvalue weighted by Gasteiger charge is -2.20. The Labute approximate surface area is 171 Å². The third-order valence-electron chi connectivity index (χ3n) is 4.69. The number of nitrogens with zero attached hydrogens (tertiary/aromatic N) is 1. The highest BCUT2D eigenvalue weighted by molar-refractivity contribution is 6.01. The molecule has 1 N–H and O–H groups in total. The van der Waals surface area contributed by atoms with E-state index in [1.807, 2.05) is 0 Å². The fourth-order valence-electron chi connectivity index (χ4n) is 3.10. The Kier molecular flexibility index (Phi) is 6.29. The van der Waals surface area contributed by atoms with Crippen LogP contribution in [-0.2, 0) is 19.1 Å². The molecule has 1 saturated heterocycles. The number of esters is 1. The van der Waals surface area contributed by atoms with Crippen molar-refractivity contribution in [1.82, 2.24) is 0 Å². The largest absolute Gasteiger partial charge is 0.495 e. The number of amides is 2. The van der Waals surface area contributed by atoms with Crippen molar-refractivity contribution in [3.63, 3.8) is 0 Å². The zero-order valence-corrected chi connectivity index (χ0v) is 16.4. The second-order valence-electron chi connectivity index (χ2n) is 6.77. The van der Waals surface area contributed by atoms with E-state index in [1.165, 1.54) is 18.9 Å². The van der Waals surface area contributed by atoms with E-state index in [2.05, 4.69) is 5.32 Å². The van der Waals surface area contributed by atoms with Gasteiger partial charge in [0.25, 0.3) is 5.91 Å². The third kappa shape index (κ3) is 4.56. The van der Waals surface area contributed by atoms with Gasteiger partial charge in [-0.3, -0.25) is 14.4 Å². The van der Waals surface area contributed by atoms with Crippen molar-refractivity contribution in [2.75, 3.05) is 23.9 Å². The van der Waals surface area contributed by atoms with Crippen molar-refractivity contribution in [2.24, 2.45) is 5.92 Å². The Morgan fingerprint density at radius 2 is 1.93 bits per heavy atom. The lowest BCUT2D eigenvalue weighted by Crippen LogP contribution is -2.33. The minimum atomic E-state index is -1.24. The summed E-state index contributed by atoms with van der Waals surface area (Å²) in [5.41, 5.74) is 0.306.